The molecule has 0 radical (unpaired) electrons. The van der Waals surface area contributed by atoms with E-state index in [1.807, 2.05) is 65.6 Å². The van der Waals surface area contributed by atoms with E-state index in [-0.39, 0.29) is 65.2 Å². The van der Waals surface area contributed by atoms with Crippen LogP contribution in [-0.2, 0) is 51.1 Å². The average molecular weight is 1450 g/mol. The molecule has 8 atom stereocenters. The van der Waals surface area contributed by atoms with Gasteiger partial charge in [-0.3, -0.25) is 52.2 Å². The van der Waals surface area contributed by atoms with Gasteiger partial charge in [0.25, 0.3) is 17.7 Å². The number of nitrogens with zero attached hydrogens (tertiary/aromatic N) is 18. The molecule has 6 aromatic heterocycles. The van der Waals surface area contributed by atoms with Gasteiger partial charge in [0.15, 0.2) is 32.3 Å². The highest BCUT2D eigenvalue weighted by molar-refractivity contribution is 7.90. The van der Waals surface area contributed by atoms with E-state index in [1.54, 1.807) is 101 Å². The molecule has 9 aliphatic rings. The van der Waals surface area contributed by atoms with Gasteiger partial charge in [-0.15, -0.1) is 0 Å². The Hall–Kier alpha value is -10.4. The maximum Gasteiger partial charge on any atom is 0.267 e. The minimum Gasteiger partial charge on any atom is -0.289 e. The summed E-state index contributed by atoms with van der Waals surface area (Å²) in [6, 6.07) is 37.2. The normalized spacial score (nSPS) is 21.6. The van der Waals surface area contributed by atoms with Gasteiger partial charge in [-0.1, -0.05) is 91.0 Å². The number of anilines is 3. The molecule has 6 aliphatic heterocycles. The molecule has 3 amide bonds. The predicted octanol–water partition coefficient (Wildman–Crippen LogP) is 8.82. The van der Waals surface area contributed by atoms with Crippen LogP contribution in [0.25, 0.3) is 33.8 Å². The fraction of sp³-hybridized carbons (Fsp3) is 0.333. The van der Waals surface area contributed by atoms with Gasteiger partial charge in [-0.05, 0) is 111 Å². The van der Waals surface area contributed by atoms with Crippen molar-refractivity contribution in [2.45, 2.75) is 129 Å². The van der Waals surface area contributed by atoms with E-state index in [4.69, 9.17) is 25.2 Å². The number of hydrogen-bond donors (Lipinski definition) is 0. The van der Waals surface area contributed by atoms with E-state index in [2.05, 4.69) is 29.9 Å². The highest BCUT2D eigenvalue weighted by Crippen LogP contribution is 2.46. The molecule has 3 saturated carbocycles. The Balaban J connectivity index is 0.000000119. The predicted molar refractivity (Wildman–Crippen MR) is 381 cm³/mol. The lowest BCUT2D eigenvalue weighted by atomic mass is 10.1. The summed E-state index contributed by atoms with van der Waals surface area (Å²) in [5.74, 6) is 0.799. The fourth-order valence-electron chi connectivity index (χ4n) is 15.7. The molecule has 0 N–H and O–H groups in total. The molecule has 25 nitrogen and oxygen atoms in total. The van der Waals surface area contributed by atoms with Crippen molar-refractivity contribution in [1.82, 2.24) is 59.0 Å². The average Bonchev–Trinajstić information content (AvgIpc) is 1.57. The Kier molecular flexibility index (Phi) is 17.0. The lowest BCUT2D eigenvalue weighted by molar-refractivity contribution is 0.0853. The number of carbonyl (C=O) groups excluding carboxylic acids is 3. The number of sulfone groups is 1. The topological polar surface area (TPSA) is 268 Å². The number of halogens is 3. The minimum atomic E-state index is -3.78. The molecule has 0 unspecified atom stereocenters. The standard InChI is InChI=1S/C24H23FN6O3S.2C24H23FN6O2S/c1-29-22(32)20-21(31-18-7-3-6-17(18)27-24(29)31)28-30(23(20)35(2,33)34)13-14-9-11-15(12-10-14)16-5-4-8-19(25)26-16;2*1-29-22(32)20-21(31-18-7-3-6-17(18)27-24(29)31)28-30(23(20)34(2)33)13-14-9-11-15(12-10-14)16-5-4-8-19(25)26-16/h4-5,8-12,17-18H,3,6-7,13H2,1-2H3;2*4-5,8-12,17-18H,3,6-7,13H2,1-2H3/t17-,18+;17-,18+,34+;17-,18+,34-/m111/s1. The molecular weight excluding hydrogens is 1380 g/mol. The van der Waals surface area contributed by atoms with Gasteiger partial charge in [-0.2, -0.15) is 28.5 Å². The van der Waals surface area contributed by atoms with Crippen LogP contribution in [-0.4, -0.2) is 188 Å². The van der Waals surface area contributed by atoms with E-state index in [0.29, 0.717) is 86.7 Å². The first-order chi connectivity index (χ1) is 49.6. The smallest absolute Gasteiger partial charge is 0.267 e. The van der Waals surface area contributed by atoms with Crippen molar-refractivity contribution in [1.29, 1.82) is 0 Å². The van der Waals surface area contributed by atoms with E-state index >= 15 is 0 Å². The quantitative estimate of drug-likeness (QED) is 0.103. The van der Waals surface area contributed by atoms with Crippen LogP contribution in [0, 0.1) is 17.8 Å². The maximum absolute atomic E-state index is 13.5. The number of hydrogen-bond acceptors (Lipinski definition) is 19. The van der Waals surface area contributed by atoms with Gasteiger partial charge in [0, 0.05) is 56.6 Å². The third kappa shape index (κ3) is 11.8. The van der Waals surface area contributed by atoms with Crippen LogP contribution in [0.3, 0.4) is 0 Å². The molecule has 3 aliphatic carbocycles. The van der Waals surface area contributed by atoms with Crippen LogP contribution in [0.5, 0.6) is 0 Å². The van der Waals surface area contributed by atoms with Crippen LogP contribution < -0.4 is 14.7 Å². The third-order valence-electron chi connectivity index (χ3n) is 20.4. The van der Waals surface area contributed by atoms with Crippen LogP contribution in [0.15, 0.2) is 157 Å². The Morgan fingerprint density at radius 3 is 1.04 bits per heavy atom. The monoisotopic (exact) mass is 1450 g/mol. The molecule has 103 heavy (non-hydrogen) atoms. The van der Waals surface area contributed by atoms with Gasteiger partial charge in [0.2, 0.25) is 35.7 Å². The summed E-state index contributed by atoms with van der Waals surface area (Å²) in [5, 5.41) is 15.0. The lowest BCUT2D eigenvalue weighted by Gasteiger charge is -2.33. The molecule has 0 bridgehead atoms. The number of fused-ring (bicyclic) bond motifs is 15. The van der Waals surface area contributed by atoms with Gasteiger partial charge in [0.1, 0.15) is 26.7 Å². The van der Waals surface area contributed by atoms with E-state index in [0.717, 1.165) is 97.4 Å². The van der Waals surface area contributed by atoms with E-state index in [1.165, 1.54) is 27.8 Å². The summed E-state index contributed by atoms with van der Waals surface area (Å²) in [6.45, 7) is 0.853. The zero-order chi connectivity index (χ0) is 71.6. The van der Waals surface area contributed by atoms with Crippen LogP contribution in [0.4, 0.5) is 30.6 Å². The number of carbonyl (C=O) groups is 3. The Morgan fingerprint density at radius 1 is 0.427 bits per heavy atom. The van der Waals surface area contributed by atoms with Gasteiger partial charge >= 0.3 is 0 Å². The summed E-state index contributed by atoms with van der Waals surface area (Å²) in [7, 11) is -1.56. The highest BCUT2D eigenvalue weighted by atomic mass is 32.2. The number of amides is 3. The highest BCUT2D eigenvalue weighted by Gasteiger charge is 2.53. The van der Waals surface area contributed by atoms with Crippen molar-refractivity contribution >= 4 is 84.5 Å². The van der Waals surface area contributed by atoms with Crippen molar-refractivity contribution in [2.75, 3.05) is 54.6 Å². The zero-order valence-corrected chi connectivity index (χ0v) is 59.3. The van der Waals surface area contributed by atoms with Crippen molar-refractivity contribution in [3.8, 4) is 33.8 Å². The second-order valence-electron chi connectivity index (χ2n) is 27.0. The van der Waals surface area contributed by atoms with E-state index < -0.39 is 55.2 Å². The lowest BCUT2D eigenvalue weighted by Crippen LogP contribution is -2.51. The Morgan fingerprint density at radius 2 is 0.728 bits per heavy atom. The first-order valence-electron chi connectivity index (χ1n) is 33.9. The third-order valence-corrected chi connectivity index (χ3v) is 23.4. The van der Waals surface area contributed by atoms with Crippen molar-refractivity contribution < 1.29 is 44.4 Å². The first kappa shape index (κ1) is 67.1. The van der Waals surface area contributed by atoms with Crippen molar-refractivity contribution in [3.63, 3.8) is 0 Å². The number of guanidine groups is 3. The summed E-state index contributed by atoms with van der Waals surface area (Å²) in [4.78, 5) is 76.6. The van der Waals surface area contributed by atoms with Crippen LogP contribution >= 0.6 is 0 Å². The summed E-state index contributed by atoms with van der Waals surface area (Å²) < 4.78 is 96.7. The summed E-state index contributed by atoms with van der Waals surface area (Å²) >= 11 is 0. The number of benzene rings is 3. The molecule has 528 valence electrons. The summed E-state index contributed by atoms with van der Waals surface area (Å²) in [6.07, 6.45) is 13.3. The van der Waals surface area contributed by atoms with Crippen molar-refractivity contribution in [2.24, 2.45) is 15.0 Å². The molecule has 31 heteroatoms. The molecular formula is C72H69F3N18O7S3. The van der Waals surface area contributed by atoms with Crippen LogP contribution in [0.1, 0.15) is 106 Å². The molecule has 0 spiro atoms. The number of pyridine rings is 3. The first-order valence-corrected chi connectivity index (χ1v) is 38.9. The number of aromatic nitrogens is 9. The van der Waals surface area contributed by atoms with Crippen LogP contribution in [0.2, 0.25) is 0 Å². The SMILES string of the molecule is CN1C(=O)c2c(nn(Cc3ccc(-c4cccc(F)n4)cc3)c2S(C)(=O)=O)N2C1=N[C@@H]1CCC[C@@H]12.CN1C(=O)c2c(nn(Cc3ccc(-c4cccc(F)n4)cc3)c2[S@@](C)=O)N2C1=N[C@@H]1CCC[C@@H]12.CN1C(=O)c2c(nn(Cc3ccc(-c4cccc(F)n4)cc3)c2[S@](C)=O)N2C1=N[C@@H]1CCC[C@@H]12. The largest absolute Gasteiger partial charge is 0.289 e. The van der Waals surface area contributed by atoms with Gasteiger partial charge < -0.3 is 0 Å². The minimum absolute atomic E-state index is 0.0770. The molecule has 0 saturated heterocycles. The maximum atomic E-state index is 13.5. The second-order valence-corrected chi connectivity index (χ2v) is 31.5. The van der Waals surface area contributed by atoms with Gasteiger partial charge in [0.05, 0.1) is 94.6 Å². The zero-order valence-electron chi connectivity index (χ0n) is 56.8. The Labute approximate surface area is 595 Å². The van der Waals surface area contributed by atoms with Crippen molar-refractivity contribution in [3.05, 3.63) is 179 Å². The van der Waals surface area contributed by atoms with E-state index in [9.17, 15) is 44.4 Å². The number of rotatable bonds is 12. The molecule has 12 heterocycles. The second kappa shape index (κ2) is 26.1. The fourth-order valence-corrected chi connectivity index (χ4v) is 18.5. The Bertz CT molecular complexity index is 5050. The number of aliphatic imine (C=N–C) groups is 3. The molecule has 3 aromatic carbocycles. The molecule has 9 aromatic rings. The summed E-state index contributed by atoms with van der Waals surface area (Å²) in [5.41, 5.74) is 7.45. The molecule has 18 rings (SSSR count). The molecule has 3 fully saturated rings. The van der Waals surface area contributed by atoms with Gasteiger partial charge in [-0.25, -0.2) is 52.4 Å².